The van der Waals surface area contributed by atoms with Crippen LogP contribution in [0.15, 0.2) is 47.5 Å². The summed E-state index contributed by atoms with van der Waals surface area (Å²) in [6.45, 7) is 5.76. The highest BCUT2D eigenvalue weighted by atomic mass is 127. The van der Waals surface area contributed by atoms with Crippen molar-refractivity contribution in [3.05, 3.63) is 53.6 Å². The SMILES string of the molecule is COCCCCCNC(=NCc1ccccc1C)Nc1ccc2c(c1)OCCCO2.I. The van der Waals surface area contributed by atoms with Crippen LogP contribution in [-0.2, 0) is 11.3 Å². The second-order valence-electron chi connectivity index (χ2n) is 7.41. The zero-order chi connectivity index (χ0) is 21.0. The van der Waals surface area contributed by atoms with E-state index in [1.54, 1.807) is 7.11 Å². The van der Waals surface area contributed by atoms with Crippen LogP contribution in [0.4, 0.5) is 5.69 Å². The Morgan fingerprint density at radius 3 is 2.65 bits per heavy atom. The first kappa shape index (κ1) is 25.3. The number of fused-ring (bicyclic) bond motifs is 1. The Morgan fingerprint density at radius 2 is 1.84 bits per heavy atom. The first-order valence-corrected chi connectivity index (χ1v) is 10.7. The van der Waals surface area contributed by atoms with Gasteiger partial charge >= 0.3 is 0 Å². The molecule has 2 N–H and O–H groups in total. The van der Waals surface area contributed by atoms with Crippen LogP contribution in [0.25, 0.3) is 0 Å². The molecule has 1 heterocycles. The predicted octanol–water partition coefficient (Wildman–Crippen LogP) is 5.15. The van der Waals surface area contributed by atoms with Crippen LogP contribution in [0.3, 0.4) is 0 Å². The minimum Gasteiger partial charge on any atom is -0.490 e. The summed E-state index contributed by atoms with van der Waals surface area (Å²) in [6.07, 6.45) is 4.15. The lowest BCUT2D eigenvalue weighted by Crippen LogP contribution is -2.31. The molecule has 31 heavy (non-hydrogen) atoms. The highest BCUT2D eigenvalue weighted by molar-refractivity contribution is 14.0. The van der Waals surface area contributed by atoms with E-state index in [-0.39, 0.29) is 24.0 Å². The quantitative estimate of drug-likeness (QED) is 0.200. The third kappa shape index (κ3) is 8.57. The minimum atomic E-state index is 0. The van der Waals surface area contributed by atoms with Gasteiger partial charge in [-0.15, -0.1) is 24.0 Å². The molecule has 0 bridgehead atoms. The van der Waals surface area contributed by atoms with Crippen LogP contribution in [0.5, 0.6) is 11.5 Å². The third-order valence-electron chi connectivity index (χ3n) is 5.00. The number of ether oxygens (including phenoxy) is 3. The maximum atomic E-state index is 5.81. The summed E-state index contributed by atoms with van der Waals surface area (Å²) in [4.78, 5) is 4.81. The summed E-state index contributed by atoms with van der Waals surface area (Å²) in [5.74, 6) is 2.33. The molecule has 0 fully saturated rings. The second kappa shape index (κ2) is 14.1. The Kier molecular flexibility index (Phi) is 11.5. The summed E-state index contributed by atoms with van der Waals surface area (Å²) in [5.41, 5.74) is 3.39. The molecular weight excluding hydrogens is 505 g/mol. The smallest absolute Gasteiger partial charge is 0.196 e. The zero-order valence-electron chi connectivity index (χ0n) is 18.5. The highest BCUT2D eigenvalue weighted by Crippen LogP contribution is 2.32. The van der Waals surface area contributed by atoms with Gasteiger partial charge in [-0.05, 0) is 49.4 Å². The van der Waals surface area contributed by atoms with E-state index in [0.29, 0.717) is 19.8 Å². The van der Waals surface area contributed by atoms with E-state index in [0.717, 1.165) is 62.0 Å². The van der Waals surface area contributed by atoms with Gasteiger partial charge in [-0.3, -0.25) is 0 Å². The van der Waals surface area contributed by atoms with Gasteiger partial charge in [-0.1, -0.05) is 24.3 Å². The molecule has 0 aliphatic carbocycles. The van der Waals surface area contributed by atoms with Gasteiger partial charge in [0.15, 0.2) is 17.5 Å². The minimum absolute atomic E-state index is 0. The Hall–Kier alpha value is -2.00. The standard InChI is InChI=1S/C24H33N3O3.HI/c1-19-9-4-5-10-20(19)18-26-24(25-13-6-3-7-14-28-2)27-21-11-12-22-23(17-21)30-16-8-15-29-22;/h4-5,9-12,17H,3,6-8,13-16,18H2,1-2H3,(H2,25,26,27);1H. The van der Waals surface area contributed by atoms with E-state index in [2.05, 4.69) is 41.8 Å². The van der Waals surface area contributed by atoms with Crippen molar-refractivity contribution >= 4 is 35.6 Å². The molecule has 2 aromatic rings. The Balaban J connectivity index is 0.00000341. The van der Waals surface area contributed by atoms with Crippen LogP contribution >= 0.6 is 24.0 Å². The number of nitrogens with zero attached hydrogens (tertiary/aromatic N) is 1. The number of aliphatic imine (C=N–C) groups is 1. The first-order valence-electron chi connectivity index (χ1n) is 10.7. The molecule has 2 aromatic carbocycles. The summed E-state index contributed by atoms with van der Waals surface area (Å²) >= 11 is 0. The van der Waals surface area contributed by atoms with Crippen molar-refractivity contribution in [3.8, 4) is 11.5 Å². The van der Waals surface area contributed by atoms with Crippen molar-refractivity contribution in [2.75, 3.05) is 38.8 Å². The molecule has 0 radical (unpaired) electrons. The van der Waals surface area contributed by atoms with Crippen LogP contribution in [0, 0.1) is 6.92 Å². The lowest BCUT2D eigenvalue weighted by Gasteiger charge is -2.15. The van der Waals surface area contributed by atoms with E-state index >= 15 is 0 Å². The Bertz CT molecular complexity index is 829. The van der Waals surface area contributed by atoms with Crippen molar-refractivity contribution in [2.24, 2.45) is 4.99 Å². The van der Waals surface area contributed by atoms with E-state index < -0.39 is 0 Å². The lowest BCUT2D eigenvalue weighted by molar-refractivity contribution is 0.192. The molecule has 0 saturated carbocycles. The summed E-state index contributed by atoms with van der Waals surface area (Å²) in [5, 5.41) is 6.87. The van der Waals surface area contributed by atoms with Gasteiger partial charge in [-0.2, -0.15) is 0 Å². The van der Waals surface area contributed by atoms with Crippen LogP contribution in [0.1, 0.15) is 36.8 Å². The molecule has 0 saturated heterocycles. The molecule has 0 amide bonds. The number of methoxy groups -OCH3 is 1. The lowest BCUT2D eigenvalue weighted by atomic mass is 10.1. The zero-order valence-corrected chi connectivity index (χ0v) is 20.8. The fraction of sp³-hybridized carbons (Fsp3) is 0.458. The maximum Gasteiger partial charge on any atom is 0.196 e. The van der Waals surface area contributed by atoms with Crippen molar-refractivity contribution in [1.29, 1.82) is 0 Å². The average molecular weight is 539 g/mol. The normalized spacial score (nSPS) is 13.2. The van der Waals surface area contributed by atoms with E-state index in [4.69, 9.17) is 19.2 Å². The van der Waals surface area contributed by atoms with E-state index in [1.165, 1.54) is 11.1 Å². The Labute approximate surface area is 202 Å². The fourth-order valence-corrected chi connectivity index (χ4v) is 3.22. The molecule has 1 aliphatic heterocycles. The molecule has 0 atom stereocenters. The highest BCUT2D eigenvalue weighted by Gasteiger charge is 2.11. The number of aryl methyl sites for hydroxylation is 1. The van der Waals surface area contributed by atoms with Gasteiger partial charge in [0.05, 0.1) is 19.8 Å². The van der Waals surface area contributed by atoms with Gasteiger partial charge in [0.1, 0.15) is 0 Å². The molecule has 7 heteroatoms. The van der Waals surface area contributed by atoms with Crippen molar-refractivity contribution in [2.45, 2.75) is 39.2 Å². The summed E-state index contributed by atoms with van der Waals surface area (Å²) in [7, 11) is 1.74. The number of hydrogen-bond acceptors (Lipinski definition) is 4. The van der Waals surface area contributed by atoms with Gasteiger partial charge in [0, 0.05) is 38.4 Å². The number of benzene rings is 2. The number of nitrogens with one attached hydrogen (secondary N) is 2. The first-order chi connectivity index (χ1) is 14.8. The summed E-state index contributed by atoms with van der Waals surface area (Å²) in [6, 6.07) is 14.3. The van der Waals surface area contributed by atoms with Crippen LogP contribution in [0.2, 0.25) is 0 Å². The number of hydrogen-bond donors (Lipinski definition) is 2. The van der Waals surface area contributed by atoms with Gasteiger partial charge < -0.3 is 24.8 Å². The average Bonchev–Trinajstić information content (AvgIpc) is 3.00. The largest absolute Gasteiger partial charge is 0.490 e. The molecule has 0 aromatic heterocycles. The molecule has 1 aliphatic rings. The molecule has 6 nitrogen and oxygen atoms in total. The molecular formula is C24H34IN3O3. The van der Waals surface area contributed by atoms with Gasteiger partial charge in [0.25, 0.3) is 0 Å². The van der Waals surface area contributed by atoms with Gasteiger partial charge in [-0.25, -0.2) is 4.99 Å². The van der Waals surface area contributed by atoms with E-state index in [9.17, 15) is 0 Å². The topological polar surface area (TPSA) is 64.1 Å². The van der Waals surface area contributed by atoms with Crippen molar-refractivity contribution in [1.82, 2.24) is 5.32 Å². The van der Waals surface area contributed by atoms with Crippen LogP contribution < -0.4 is 20.1 Å². The summed E-state index contributed by atoms with van der Waals surface area (Å²) < 4.78 is 16.7. The fourth-order valence-electron chi connectivity index (χ4n) is 3.22. The number of rotatable bonds is 9. The monoisotopic (exact) mass is 539 g/mol. The Morgan fingerprint density at radius 1 is 1.03 bits per heavy atom. The molecule has 3 rings (SSSR count). The number of unbranched alkanes of at least 4 members (excludes halogenated alkanes) is 2. The maximum absolute atomic E-state index is 5.81. The van der Waals surface area contributed by atoms with Gasteiger partial charge in [0.2, 0.25) is 0 Å². The molecule has 0 unspecified atom stereocenters. The predicted molar refractivity (Wildman–Crippen MR) is 137 cm³/mol. The van der Waals surface area contributed by atoms with Crippen LogP contribution in [-0.4, -0.2) is 39.4 Å². The van der Waals surface area contributed by atoms with E-state index in [1.807, 2.05) is 18.2 Å². The van der Waals surface area contributed by atoms with Crippen molar-refractivity contribution < 1.29 is 14.2 Å². The molecule has 170 valence electrons. The number of halogens is 1. The van der Waals surface area contributed by atoms with Crippen molar-refractivity contribution in [3.63, 3.8) is 0 Å². The second-order valence-corrected chi connectivity index (χ2v) is 7.41. The number of anilines is 1. The molecule has 0 spiro atoms. The third-order valence-corrected chi connectivity index (χ3v) is 5.00. The number of guanidine groups is 1.